The quantitative estimate of drug-likeness (QED) is 0.552. The molecule has 0 saturated carbocycles. The largest absolute Gasteiger partial charge is 0.488 e. The highest BCUT2D eigenvalue weighted by atomic mass is 16.6. The molecule has 0 bridgehead atoms. The highest BCUT2D eigenvalue weighted by Gasteiger charge is 2.22. The summed E-state index contributed by atoms with van der Waals surface area (Å²) in [6.45, 7) is 9.13. The Morgan fingerprint density at radius 3 is 2.38 bits per heavy atom. The molecule has 0 atom stereocenters. The molecule has 3 rings (SSSR count). The smallest absolute Gasteiger partial charge is 0.272 e. The highest BCUT2D eigenvalue weighted by Crippen LogP contribution is 2.22. The van der Waals surface area contributed by atoms with Crippen molar-refractivity contribution in [2.24, 2.45) is 0 Å². The fraction of sp³-hybridized carbons (Fsp3) is 0.400. The predicted octanol–water partition coefficient (Wildman–Crippen LogP) is 0.266. The van der Waals surface area contributed by atoms with Crippen molar-refractivity contribution in [1.82, 2.24) is 0 Å². The van der Waals surface area contributed by atoms with Gasteiger partial charge in [0.1, 0.15) is 51.6 Å². The first kappa shape index (κ1) is 18.4. The number of ether oxygens (including phenoxy) is 1. The maximum atomic E-state index is 10.9. The van der Waals surface area contributed by atoms with Crippen molar-refractivity contribution < 1.29 is 19.5 Å². The first-order valence-corrected chi connectivity index (χ1v) is 9.21. The van der Waals surface area contributed by atoms with E-state index in [9.17, 15) is 10.1 Å². The Labute approximate surface area is 154 Å². The van der Waals surface area contributed by atoms with Gasteiger partial charge >= 0.3 is 0 Å². The van der Waals surface area contributed by atoms with Crippen molar-refractivity contribution in [3.63, 3.8) is 0 Å². The Morgan fingerprint density at radius 2 is 1.73 bits per heavy atom. The zero-order valence-corrected chi connectivity index (χ0v) is 15.2. The third-order valence-electron chi connectivity index (χ3n) is 5.05. The number of aryl methyl sites for hydroxylation is 1. The summed E-state index contributed by atoms with van der Waals surface area (Å²) in [5.41, 5.74) is 2.18. The highest BCUT2D eigenvalue weighted by molar-refractivity contribution is 5.44. The van der Waals surface area contributed by atoms with E-state index in [4.69, 9.17) is 4.74 Å². The molecule has 2 aromatic carbocycles. The molecule has 1 aliphatic rings. The molecule has 2 aromatic rings. The Bertz CT molecular complexity index is 728. The van der Waals surface area contributed by atoms with Crippen LogP contribution in [0.2, 0.25) is 0 Å². The molecule has 2 N–H and O–H groups in total. The summed E-state index contributed by atoms with van der Waals surface area (Å²) < 4.78 is 5.80. The summed E-state index contributed by atoms with van der Waals surface area (Å²) in [7, 11) is 0. The molecule has 0 radical (unpaired) electrons. The Balaban J connectivity index is 1.39. The van der Waals surface area contributed by atoms with Crippen LogP contribution in [0, 0.1) is 17.0 Å². The van der Waals surface area contributed by atoms with Gasteiger partial charge in [0.25, 0.3) is 5.69 Å². The molecule has 6 nitrogen and oxygen atoms in total. The van der Waals surface area contributed by atoms with Gasteiger partial charge in [-0.3, -0.25) is 10.1 Å². The summed E-state index contributed by atoms with van der Waals surface area (Å²) in [4.78, 5) is 13.7. The van der Waals surface area contributed by atoms with Gasteiger partial charge in [-0.25, -0.2) is 0 Å². The second kappa shape index (κ2) is 8.78. The number of nitro groups is 1. The maximum absolute atomic E-state index is 10.9. The van der Waals surface area contributed by atoms with Crippen LogP contribution in [0.15, 0.2) is 48.5 Å². The van der Waals surface area contributed by atoms with Crippen LogP contribution in [0.3, 0.4) is 0 Å². The molecule has 0 unspecified atom stereocenters. The minimum atomic E-state index is -0.361. The lowest BCUT2D eigenvalue weighted by atomic mass is 10.2. The predicted molar refractivity (Wildman–Crippen MR) is 99.7 cm³/mol. The normalized spacial score (nSPS) is 19.9. The molecule has 6 heteroatoms. The summed E-state index contributed by atoms with van der Waals surface area (Å²) in [6.07, 6.45) is 0. The van der Waals surface area contributed by atoms with Gasteiger partial charge in [0.15, 0.2) is 0 Å². The van der Waals surface area contributed by atoms with Gasteiger partial charge in [0.05, 0.1) is 4.92 Å². The molecule has 0 aliphatic carbocycles. The van der Waals surface area contributed by atoms with Crippen molar-refractivity contribution in [2.75, 3.05) is 39.3 Å². The average molecular weight is 357 g/mol. The van der Waals surface area contributed by atoms with Crippen LogP contribution in [0.5, 0.6) is 5.75 Å². The summed E-state index contributed by atoms with van der Waals surface area (Å²) in [6, 6.07) is 15.6. The van der Waals surface area contributed by atoms with Crippen molar-refractivity contribution in [1.29, 1.82) is 0 Å². The average Bonchev–Trinajstić information content (AvgIpc) is 2.64. The van der Waals surface area contributed by atoms with Crippen LogP contribution in [-0.4, -0.2) is 44.3 Å². The number of hydrogen-bond donors (Lipinski definition) is 2. The van der Waals surface area contributed by atoms with Gasteiger partial charge in [0.2, 0.25) is 0 Å². The van der Waals surface area contributed by atoms with Crippen LogP contribution in [0.25, 0.3) is 0 Å². The number of benzene rings is 2. The Morgan fingerprint density at radius 1 is 1.04 bits per heavy atom. The van der Waals surface area contributed by atoms with E-state index in [2.05, 4.69) is 30.3 Å². The third-order valence-corrected chi connectivity index (χ3v) is 5.05. The van der Waals surface area contributed by atoms with E-state index in [1.54, 1.807) is 28.9 Å². The number of piperazine rings is 1. The molecular formula is C20H27N3O3+2. The minimum absolute atomic E-state index is 0.139. The second-order valence-electron chi connectivity index (χ2n) is 6.97. The van der Waals surface area contributed by atoms with E-state index in [1.165, 1.54) is 24.7 Å². The van der Waals surface area contributed by atoms with Gasteiger partial charge in [-0.05, 0) is 19.1 Å². The van der Waals surface area contributed by atoms with Gasteiger partial charge < -0.3 is 14.5 Å². The standard InChI is InChI=1S/C20H25N3O3/c1-17-15-19(7-8-20(17)23(24)25)26-14-13-21-9-11-22(12-10-21)16-18-5-3-2-4-6-18/h2-8,15H,9-14,16H2,1H3/p+2. The molecule has 0 spiro atoms. The molecule has 0 amide bonds. The Hall–Kier alpha value is -2.44. The van der Waals surface area contributed by atoms with Crippen LogP contribution in [0.1, 0.15) is 11.1 Å². The molecule has 1 saturated heterocycles. The van der Waals surface area contributed by atoms with Crippen molar-refractivity contribution in [2.45, 2.75) is 13.5 Å². The molecule has 1 heterocycles. The molecular weight excluding hydrogens is 330 g/mol. The number of nitrogens with one attached hydrogen (secondary N) is 2. The molecule has 138 valence electrons. The van der Waals surface area contributed by atoms with Gasteiger partial charge in [-0.2, -0.15) is 0 Å². The van der Waals surface area contributed by atoms with Gasteiger partial charge in [-0.1, -0.05) is 30.3 Å². The molecule has 26 heavy (non-hydrogen) atoms. The van der Waals surface area contributed by atoms with E-state index in [0.717, 1.165) is 26.2 Å². The van der Waals surface area contributed by atoms with E-state index >= 15 is 0 Å². The summed E-state index contributed by atoms with van der Waals surface area (Å²) >= 11 is 0. The molecule has 0 aromatic heterocycles. The number of nitro benzene ring substituents is 1. The number of quaternary nitrogens is 2. The van der Waals surface area contributed by atoms with E-state index in [-0.39, 0.29) is 10.6 Å². The van der Waals surface area contributed by atoms with Crippen molar-refractivity contribution in [3.8, 4) is 5.75 Å². The first-order valence-electron chi connectivity index (χ1n) is 9.21. The van der Waals surface area contributed by atoms with E-state index in [0.29, 0.717) is 17.9 Å². The van der Waals surface area contributed by atoms with Crippen molar-refractivity contribution >= 4 is 5.69 Å². The van der Waals surface area contributed by atoms with Crippen LogP contribution >= 0.6 is 0 Å². The first-order chi connectivity index (χ1) is 12.6. The molecule has 1 aliphatic heterocycles. The topological polar surface area (TPSA) is 61.2 Å². The third kappa shape index (κ3) is 5.03. The number of rotatable bonds is 7. The molecule has 1 fully saturated rings. The van der Waals surface area contributed by atoms with E-state index < -0.39 is 0 Å². The SMILES string of the molecule is Cc1cc(OCC[NH+]2CC[NH+](Cc3ccccc3)CC2)ccc1[N+](=O)[O-]. The second-order valence-corrected chi connectivity index (χ2v) is 6.97. The summed E-state index contributed by atoms with van der Waals surface area (Å²) in [5, 5.41) is 10.9. The zero-order valence-electron chi connectivity index (χ0n) is 15.2. The number of nitrogens with zero attached hydrogens (tertiary/aromatic N) is 1. The monoisotopic (exact) mass is 357 g/mol. The van der Waals surface area contributed by atoms with Crippen LogP contribution in [-0.2, 0) is 6.54 Å². The van der Waals surface area contributed by atoms with Gasteiger partial charge in [-0.15, -0.1) is 0 Å². The number of hydrogen-bond acceptors (Lipinski definition) is 3. The van der Waals surface area contributed by atoms with Crippen LogP contribution in [0.4, 0.5) is 5.69 Å². The Kier molecular flexibility index (Phi) is 6.20. The van der Waals surface area contributed by atoms with Crippen molar-refractivity contribution in [3.05, 3.63) is 69.8 Å². The maximum Gasteiger partial charge on any atom is 0.272 e. The van der Waals surface area contributed by atoms with E-state index in [1.807, 2.05) is 0 Å². The van der Waals surface area contributed by atoms with Gasteiger partial charge in [0, 0.05) is 17.2 Å². The zero-order chi connectivity index (χ0) is 18.4. The summed E-state index contributed by atoms with van der Waals surface area (Å²) in [5.74, 6) is 0.709. The lowest BCUT2D eigenvalue weighted by Gasteiger charge is -2.29. The lowest BCUT2D eigenvalue weighted by Crippen LogP contribution is -3.27. The lowest BCUT2D eigenvalue weighted by molar-refractivity contribution is -1.02. The fourth-order valence-corrected chi connectivity index (χ4v) is 3.50. The van der Waals surface area contributed by atoms with Crippen LogP contribution < -0.4 is 14.5 Å². The minimum Gasteiger partial charge on any atom is -0.488 e. The fourth-order valence-electron chi connectivity index (χ4n) is 3.50.